The van der Waals surface area contributed by atoms with Crippen LogP contribution in [0, 0.1) is 19.7 Å². The summed E-state index contributed by atoms with van der Waals surface area (Å²) in [5.74, 6) is -0.0293. The van der Waals surface area contributed by atoms with Crippen molar-refractivity contribution < 1.29 is 27.1 Å². The Balaban J connectivity index is 1.36. The number of nitrogens with two attached hydrogens (primary N) is 1. The summed E-state index contributed by atoms with van der Waals surface area (Å²) in [6, 6.07) is 11.4. The topological polar surface area (TPSA) is 102 Å². The van der Waals surface area contributed by atoms with Gasteiger partial charge in [-0.05, 0) is 49.2 Å². The van der Waals surface area contributed by atoms with Crippen LogP contribution < -0.4 is 15.5 Å². The van der Waals surface area contributed by atoms with Gasteiger partial charge in [0.2, 0.25) is 11.8 Å². The number of carbonyl (C=O) groups excluding carboxylic acids is 1. The maximum absolute atomic E-state index is 15.5. The average molecular weight is 594 g/mol. The lowest BCUT2D eigenvalue weighted by atomic mass is 9.98. The molecule has 0 saturated carbocycles. The fraction of sp³-hybridized carbons (Fsp3) is 0.267. The minimum absolute atomic E-state index is 0.201. The van der Waals surface area contributed by atoms with Crippen LogP contribution >= 0.6 is 0 Å². The highest BCUT2D eigenvalue weighted by Crippen LogP contribution is 2.36. The van der Waals surface area contributed by atoms with Crippen molar-refractivity contribution in [3.8, 4) is 22.8 Å². The molecule has 0 bridgehead atoms. The van der Waals surface area contributed by atoms with Gasteiger partial charge in [-0.2, -0.15) is 13.2 Å². The van der Waals surface area contributed by atoms with Gasteiger partial charge in [-0.3, -0.25) is 14.7 Å². The van der Waals surface area contributed by atoms with E-state index in [1.54, 1.807) is 37.4 Å². The first kappa shape index (κ1) is 28.3. The molecular formula is C30H27F4N7O2. The molecule has 1 fully saturated rings. The molecular weight excluding hydrogens is 566 g/mol. The predicted molar refractivity (Wildman–Crippen MR) is 153 cm³/mol. The lowest BCUT2D eigenvalue weighted by Gasteiger charge is -2.36. The number of primary amides is 1. The number of pyridine rings is 2. The van der Waals surface area contributed by atoms with Gasteiger partial charge in [0.15, 0.2) is 0 Å². The third-order valence-electron chi connectivity index (χ3n) is 7.45. The van der Waals surface area contributed by atoms with Gasteiger partial charge in [0.25, 0.3) is 0 Å². The summed E-state index contributed by atoms with van der Waals surface area (Å²) in [6.45, 7) is 6.44. The highest BCUT2D eigenvalue weighted by Gasteiger charge is 2.32. The predicted octanol–water partition coefficient (Wildman–Crippen LogP) is 4.95. The van der Waals surface area contributed by atoms with Gasteiger partial charge in [0.05, 0.1) is 18.3 Å². The molecule has 1 aliphatic heterocycles. The second kappa shape index (κ2) is 10.8. The summed E-state index contributed by atoms with van der Waals surface area (Å²) in [5, 5.41) is 2.85. The van der Waals surface area contributed by atoms with Crippen LogP contribution in [0.4, 0.5) is 17.6 Å². The molecule has 6 rings (SSSR count). The number of hydrogen-bond donors (Lipinski definition) is 1. The van der Waals surface area contributed by atoms with Crippen molar-refractivity contribution in [1.29, 1.82) is 0 Å². The molecule has 2 N–H and O–H groups in total. The zero-order valence-electron chi connectivity index (χ0n) is 23.3. The Hall–Kier alpha value is -4.78. The number of aryl methyl sites for hydroxylation is 2. The first-order valence-electron chi connectivity index (χ1n) is 13.5. The molecule has 4 heterocycles. The number of fused-ring (bicyclic) bond motifs is 3. The Kier molecular flexibility index (Phi) is 7.12. The summed E-state index contributed by atoms with van der Waals surface area (Å²) in [5.41, 5.74) is 7.80. The SMILES string of the molecule is Cc1cc(Oc2cccc(C(F)(F)F)n2)ccc1-c1cc2c(cc1F)ncc1nc(C)n(N3CCN(CC(N)=O)CC3)c12. The summed E-state index contributed by atoms with van der Waals surface area (Å²) in [6.07, 6.45) is -2.97. The molecule has 2 aromatic carbocycles. The highest BCUT2D eigenvalue weighted by atomic mass is 19.4. The normalized spacial score (nSPS) is 14.5. The smallest absolute Gasteiger partial charge is 0.433 e. The number of alkyl halides is 3. The number of aromatic nitrogens is 4. The lowest BCUT2D eigenvalue weighted by Crippen LogP contribution is -2.53. The number of imidazole rings is 1. The molecule has 1 saturated heterocycles. The molecule has 9 nitrogen and oxygen atoms in total. The van der Waals surface area contributed by atoms with E-state index >= 15 is 4.39 Å². The Morgan fingerprint density at radius 3 is 2.44 bits per heavy atom. The van der Waals surface area contributed by atoms with Crippen molar-refractivity contribution in [2.24, 2.45) is 5.73 Å². The number of piperazine rings is 1. The molecule has 3 aromatic heterocycles. The Morgan fingerprint density at radius 1 is 0.977 bits per heavy atom. The third-order valence-corrected chi connectivity index (χ3v) is 7.45. The van der Waals surface area contributed by atoms with Crippen LogP contribution in [0.5, 0.6) is 11.6 Å². The zero-order valence-corrected chi connectivity index (χ0v) is 23.3. The fourth-order valence-corrected chi connectivity index (χ4v) is 5.50. The van der Waals surface area contributed by atoms with Crippen LogP contribution in [0.2, 0.25) is 0 Å². The number of benzene rings is 2. The van der Waals surface area contributed by atoms with Crippen molar-refractivity contribution in [1.82, 2.24) is 24.5 Å². The van der Waals surface area contributed by atoms with E-state index in [2.05, 4.69) is 15.0 Å². The van der Waals surface area contributed by atoms with Crippen molar-refractivity contribution >= 4 is 27.8 Å². The maximum Gasteiger partial charge on any atom is 0.433 e. The summed E-state index contributed by atoms with van der Waals surface area (Å²) < 4.78 is 62.3. The van der Waals surface area contributed by atoms with Gasteiger partial charge >= 0.3 is 6.18 Å². The average Bonchev–Trinajstić information content (AvgIpc) is 3.29. The van der Waals surface area contributed by atoms with Crippen LogP contribution in [0.1, 0.15) is 17.1 Å². The molecule has 0 aliphatic carbocycles. The molecule has 0 unspecified atom stereocenters. The number of carbonyl (C=O) groups is 1. The molecule has 43 heavy (non-hydrogen) atoms. The van der Waals surface area contributed by atoms with Gasteiger partial charge in [-0.15, -0.1) is 0 Å². The minimum atomic E-state index is -4.60. The Labute approximate surface area is 243 Å². The minimum Gasteiger partial charge on any atom is -0.439 e. The van der Waals surface area contributed by atoms with E-state index in [1.165, 1.54) is 18.2 Å². The highest BCUT2D eigenvalue weighted by molar-refractivity contribution is 6.04. The van der Waals surface area contributed by atoms with Crippen molar-refractivity contribution in [2.45, 2.75) is 20.0 Å². The van der Waals surface area contributed by atoms with Crippen LogP contribution in [-0.4, -0.2) is 63.2 Å². The molecule has 1 aliphatic rings. The van der Waals surface area contributed by atoms with E-state index in [9.17, 15) is 18.0 Å². The van der Waals surface area contributed by atoms with E-state index in [-0.39, 0.29) is 24.1 Å². The molecule has 0 radical (unpaired) electrons. The first-order chi connectivity index (χ1) is 20.5. The van der Waals surface area contributed by atoms with Crippen LogP contribution in [0.3, 0.4) is 0 Å². The van der Waals surface area contributed by atoms with Gasteiger partial charge in [-0.1, -0.05) is 12.1 Å². The first-order valence-corrected chi connectivity index (χ1v) is 13.5. The second-order valence-electron chi connectivity index (χ2n) is 10.4. The van der Waals surface area contributed by atoms with Crippen molar-refractivity contribution in [3.63, 3.8) is 0 Å². The van der Waals surface area contributed by atoms with Crippen molar-refractivity contribution in [3.05, 3.63) is 77.6 Å². The third kappa shape index (κ3) is 5.55. The zero-order chi connectivity index (χ0) is 30.5. The quantitative estimate of drug-likeness (QED) is 0.278. The Morgan fingerprint density at radius 2 is 1.74 bits per heavy atom. The maximum atomic E-state index is 15.5. The van der Waals surface area contributed by atoms with Crippen LogP contribution in [0.15, 0.2) is 54.7 Å². The number of rotatable bonds is 6. The van der Waals surface area contributed by atoms with E-state index in [1.807, 2.05) is 16.5 Å². The number of hydrogen-bond acceptors (Lipinski definition) is 7. The summed E-state index contributed by atoms with van der Waals surface area (Å²) >= 11 is 0. The molecule has 1 amide bonds. The molecule has 222 valence electrons. The number of nitrogens with zero attached hydrogens (tertiary/aromatic N) is 6. The van der Waals surface area contributed by atoms with E-state index in [4.69, 9.17) is 15.5 Å². The van der Waals surface area contributed by atoms with Gasteiger partial charge < -0.3 is 15.5 Å². The second-order valence-corrected chi connectivity index (χ2v) is 10.4. The van der Waals surface area contributed by atoms with E-state index in [0.717, 1.165) is 17.4 Å². The molecule has 0 spiro atoms. The molecule has 0 atom stereocenters. The number of ether oxygens (including phenoxy) is 1. The van der Waals surface area contributed by atoms with E-state index in [0.29, 0.717) is 59.3 Å². The summed E-state index contributed by atoms with van der Waals surface area (Å²) in [4.78, 5) is 26.1. The largest absolute Gasteiger partial charge is 0.439 e. The Bertz CT molecular complexity index is 1860. The standard InChI is InChI=1S/C30H27F4N7O2/c1-17-12-19(43-28-5-3-4-26(38-28)30(32,33)34)6-7-20(17)21-13-22-24(14-23(21)31)36-15-25-29(22)41(18(2)37-25)40-10-8-39(9-11-40)16-27(35)42/h3-7,12-15H,8-11,16H2,1-2H3,(H2,35,42). The molecule has 5 aromatic rings. The number of amides is 1. The van der Waals surface area contributed by atoms with Crippen LogP contribution in [-0.2, 0) is 11.0 Å². The fourth-order valence-electron chi connectivity index (χ4n) is 5.50. The summed E-state index contributed by atoms with van der Waals surface area (Å²) in [7, 11) is 0. The van der Waals surface area contributed by atoms with Gasteiger partial charge in [-0.25, -0.2) is 19.0 Å². The molecule has 13 heteroatoms. The van der Waals surface area contributed by atoms with Gasteiger partial charge in [0.1, 0.15) is 34.1 Å². The van der Waals surface area contributed by atoms with E-state index < -0.39 is 17.7 Å². The van der Waals surface area contributed by atoms with Crippen LogP contribution in [0.25, 0.3) is 33.1 Å². The lowest BCUT2D eigenvalue weighted by molar-refractivity contribution is -0.141. The number of halogens is 4. The van der Waals surface area contributed by atoms with Gasteiger partial charge in [0, 0.05) is 49.3 Å². The monoisotopic (exact) mass is 593 g/mol. The van der Waals surface area contributed by atoms with Crippen molar-refractivity contribution in [2.75, 3.05) is 37.7 Å².